The fourth-order valence-electron chi connectivity index (χ4n) is 2.53. The minimum absolute atomic E-state index is 0.358. The molecule has 1 aromatic carbocycles. The van der Waals surface area contributed by atoms with Gasteiger partial charge in [-0.1, -0.05) is 25.1 Å². The molecule has 20 heavy (non-hydrogen) atoms. The summed E-state index contributed by atoms with van der Waals surface area (Å²) in [6, 6.07) is 10.9. The van der Waals surface area contributed by atoms with E-state index in [-0.39, 0.29) is 0 Å². The first-order valence-electron chi connectivity index (χ1n) is 7.37. The van der Waals surface area contributed by atoms with Gasteiger partial charge in [0.2, 0.25) is 0 Å². The Balaban J connectivity index is 2.27. The Morgan fingerprint density at radius 2 is 2.20 bits per heavy atom. The smallest absolute Gasteiger partial charge is 0.0705 e. The van der Waals surface area contributed by atoms with Gasteiger partial charge in [0.05, 0.1) is 5.52 Å². The highest BCUT2D eigenvalue weighted by Crippen LogP contribution is 2.26. The zero-order valence-corrected chi connectivity index (χ0v) is 12.1. The van der Waals surface area contributed by atoms with Gasteiger partial charge in [-0.2, -0.15) is 0 Å². The SMILES string of the molecule is C#CCCCC(NCCC)c1cccc2ncccc12. The highest BCUT2D eigenvalue weighted by Gasteiger charge is 2.13. The number of hydrogen-bond acceptors (Lipinski definition) is 2. The quantitative estimate of drug-likeness (QED) is 0.603. The van der Waals surface area contributed by atoms with Crippen molar-refractivity contribution in [2.75, 3.05) is 6.54 Å². The molecule has 0 fully saturated rings. The lowest BCUT2D eigenvalue weighted by Crippen LogP contribution is -2.22. The number of unbranched alkanes of at least 4 members (excludes halogenated alkanes) is 1. The van der Waals surface area contributed by atoms with Crippen molar-refractivity contribution in [3.05, 3.63) is 42.1 Å². The molecule has 0 spiro atoms. The number of nitrogens with zero attached hydrogens (tertiary/aromatic N) is 1. The van der Waals surface area contributed by atoms with Crippen LogP contribution in [0.2, 0.25) is 0 Å². The molecule has 0 bridgehead atoms. The van der Waals surface area contributed by atoms with Crippen molar-refractivity contribution in [3.63, 3.8) is 0 Å². The highest BCUT2D eigenvalue weighted by molar-refractivity contribution is 5.82. The van der Waals surface area contributed by atoms with Crippen molar-refractivity contribution >= 4 is 10.9 Å². The fraction of sp³-hybridized carbons (Fsp3) is 0.389. The summed E-state index contributed by atoms with van der Waals surface area (Å²) in [6.07, 6.45) is 11.3. The second-order valence-electron chi connectivity index (χ2n) is 5.02. The number of benzene rings is 1. The van der Waals surface area contributed by atoms with Gasteiger partial charge >= 0.3 is 0 Å². The van der Waals surface area contributed by atoms with Crippen LogP contribution < -0.4 is 5.32 Å². The van der Waals surface area contributed by atoms with E-state index in [4.69, 9.17) is 6.42 Å². The summed E-state index contributed by atoms with van der Waals surface area (Å²) in [5.74, 6) is 2.73. The van der Waals surface area contributed by atoms with Gasteiger partial charge in [-0.05, 0) is 43.5 Å². The molecule has 0 radical (unpaired) electrons. The molecule has 2 heteroatoms. The number of hydrogen-bond donors (Lipinski definition) is 1. The van der Waals surface area contributed by atoms with Crippen molar-refractivity contribution < 1.29 is 0 Å². The van der Waals surface area contributed by atoms with Crippen LogP contribution in [0.1, 0.15) is 44.2 Å². The minimum atomic E-state index is 0.358. The van der Waals surface area contributed by atoms with Gasteiger partial charge in [0.15, 0.2) is 0 Å². The van der Waals surface area contributed by atoms with Gasteiger partial charge in [-0.25, -0.2) is 0 Å². The molecular formula is C18H22N2. The molecule has 0 aliphatic rings. The summed E-state index contributed by atoms with van der Waals surface area (Å²) in [6.45, 7) is 3.22. The molecule has 1 heterocycles. The Hall–Kier alpha value is -1.85. The Labute approximate surface area is 121 Å². The Kier molecular flexibility index (Phi) is 5.58. The van der Waals surface area contributed by atoms with Crippen molar-refractivity contribution in [2.24, 2.45) is 0 Å². The number of fused-ring (bicyclic) bond motifs is 1. The van der Waals surface area contributed by atoms with Crippen LogP contribution in [-0.2, 0) is 0 Å². The van der Waals surface area contributed by atoms with Crippen LogP contribution in [0.25, 0.3) is 10.9 Å². The molecule has 0 aliphatic heterocycles. The molecule has 2 aromatic rings. The lowest BCUT2D eigenvalue weighted by Gasteiger charge is -2.20. The summed E-state index contributed by atoms with van der Waals surface area (Å²) >= 11 is 0. The lowest BCUT2D eigenvalue weighted by atomic mass is 9.97. The average Bonchev–Trinajstić information content (AvgIpc) is 2.50. The van der Waals surface area contributed by atoms with Gasteiger partial charge < -0.3 is 5.32 Å². The van der Waals surface area contributed by atoms with E-state index in [9.17, 15) is 0 Å². The maximum atomic E-state index is 5.36. The van der Waals surface area contributed by atoms with Crippen molar-refractivity contribution in [1.29, 1.82) is 0 Å². The number of rotatable bonds is 7. The summed E-state index contributed by atoms with van der Waals surface area (Å²) in [5.41, 5.74) is 2.39. The number of terminal acetylenes is 1. The predicted octanol–water partition coefficient (Wildman–Crippen LogP) is 4.08. The molecular weight excluding hydrogens is 244 g/mol. The zero-order chi connectivity index (χ0) is 14.2. The topological polar surface area (TPSA) is 24.9 Å². The third-order valence-electron chi connectivity index (χ3n) is 3.51. The van der Waals surface area contributed by atoms with Crippen LogP contribution in [0.4, 0.5) is 0 Å². The highest BCUT2D eigenvalue weighted by atomic mass is 14.9. The van der Waals surface area contributed by atoms with E-state index in [1.165, 1.54) is 10.9 Å². The monoisotopic (exact) mass is 266 g/mol. The van der Waals surface area contributed by atoms with Crippen molar-refractivity contribution in [3.8, 4) is 12.3 Å². The van der Waals surface area contributed by atoms with Crippen LogP contribution in [0, 0.1) is 12.3 Å². The van der Waals surface area contributed by atoms with Gasteiger partial charge in [-0.3, -0.25) is 4.98 Å². The van der Waals surface area contributed by atoms with E-state index in [0.717, 1.165) is 37.7 Å². The van der Waals surface area contributed by atoms with E-state index in [1.54, 1.807) is 0 Å². The zero-order valence-electron chi connectivity index (χ0n) is 12.1. The van der Waals surface area contributed by atoms with Crippen LogP contribution in [0.15, 0.2) is 36.5 Å². The first-order valence-corrected chi connectivity index (χ1v) is 7.37. The molecule has 0 aliphatic carbocycles. The van der Waals surface area contributed by atoms with Gasteiger partial charge in [0.1, 0.15) is 0 Å². The van der Waals surface area contributed by atoms with E-state index < -0.39 is 0 Å². The molecule has 0 amide bonds. The summed E-state index contributed by atoms with van der Waals surface area (Å²) < 4.78 is 0. The largest absolute Gasteiger partial charge is 0.310 e. The van der Waals surface area contributed by atoms with Crippen molar-refractivity contribution in [2.45, 2.75) is 38.6 Å². The summed E-state index contributed by atoms with van der Waals surface area (Å²) in [5, 5.41) is 4.88. The van der Waals surface area contributed by atoms with E-state index in [1.807, 2.05) is 12.3 Å². The molecule has 104 valence electrons. The van der Waals surface area contributed by atoms with Crippen LogP contribution >= 0.6 is 0 Å². The molecule has 1 unspecified atom stereocenters. The molecule has 2 rings (SSSR count). The molecule has 1 atom stereocenters. The van der Waals surface area contributed by atoms with Crippen LogP contribution in [0.3, 0.4) is 0 Å². The lowest BCUT2D eigenvalue weighted by molar-refractivity contribution is 0.490. The minimum Gasteiger partial charge on any atom is -0.310 e. The van der Waals surface area contributed by atoms with Crippen LogP contribution in [0.5, 0.6) is 0 Å². The number of aromatic nitrogens is 1. The van der Waals surface area contributed by atoms with E-state index in [0.29, 0.717) is 6.04 Å². The van der Waals surface area contributed by atoms with Crippen LogP contribution in [-0.4, -0.2) is 11.5 Å². The van der Waals surface area contributed by atoms with Crippen molar-refractivity contribution in [1.82, 2.24) is 10.3 Å². The van der Waals surface area contributed by atoms with E-state index in [2.05, 4.69) is 47.4 Å². The third-order valence-corrected chi connectivity index (χ3v) is 3.51. The molecule has 2 nitrogen and oxygen atoms in total. The second-order valence-corrected chi connectivity index (χ2v) is 5.02. The normalized spacial score (nSPS) is 12.2. The number of nitrogens with one attached hydrogen (secondary N) is 1. The second kappa shape index (κ2) is 7.67. The third kappa shape index (κ3) is 3.59. The van der Waals surface area contributed by atoms with E-state index >= 15 is 0 Å². The maximum Gasteiger partial charge on any atom is 0.0705 e. The summed E-state index contributed by atoms with van der Waals surface area (Å²) in [4.78, 5) is 4.44. The predicted molar refractivity (Wildman–Crippen MR) is 85.5 cm³/mol. The molecule has 0 saturated carbocycles. The molecule has 1 aromatic heterocycles. The fourth-order valence-corrected chi connectivity index (χ4v) is 2.53. The van der Waals surface area contributed by atoms with Gasteiger partial charge in [-0.15, -0.1) is 12.3 Å². The molecule has 0 saturated heterocycles. The maximum absolute atomic E-state index is 5.36. The molecule has 1 N–H and O–H groups in total. The van der Waals surface area contributed by atoms with Gasteiger partial charge in [0.25, 0.3) is 0 Å². The average molecular weight is 266 g/mol. The Bertz CT molecular complexity index is 578. The van der Waals surface area contributed by atoms with Gasteiger partial charge in [0, 0.05) is 24.0 Å². The summed E-state index contributed by atoms with van der Waals surface area (Å²) in [7, 11) is 0. The first-order chi connectivity index (χ1) is 9.86. The first kappa shape index (κ1) is 14.6. The Morgan fingerprint density at radius 1 is 1.30 bits per heavy atom. The standard InChI is InChI=1S/C18H22N2/c1-3-5-6-11-17(19-13-4-2)15-9-7-12-18-16(15)10-8-14-20-18/h1,7-10,12,14,17,19H,4-6,11,13H2,2H3. The Morgan fingerprint density at radius 3 is 3.00 bits per heavy atom. The number of pyridine rings is 1.